The van der Waals surface area contributed by atoms with E-state index in [1.807, 2.05) is 6.07 Å². The number of hydrogen-bond donors (Lipinski definition) is 1. The van der Waals surface area contributed by atoms with E-state index < -0.39 is 10.1 Å². The summed E-state index contributed by atoms with van der Waals surface area (Å²) in [4.78, 5) is -0.0163. The van der Waals surface area contributed by atoms with Gasteiger partial charge >= 0.3 is 29.6 Å². The van der Waals surface area contributed by atoms with Crippen molar-refractivity contribution >= 4 is 50.4 Å². The SMILES string of the molecule is CC(C)Cc1ccc2c(CC(C)C)cc(S(=O)(=O)O)cc2c1.[NaH]. The van der Waals surface area contributed by atoms with Crippen molar-refractivity contribution in [3.8, 4) is 0 Å². The molecule has 122 valence electrons. The van der Waals surface area contributed by atoms with Crippen LogP contribution in [0.2, 0.25) is 0 Å². The van der Waals surface area contributed by atoms with E-state index in [0.29, 0.717) is 11.8 Å². The molecule has 2 rings (SSSR count). The van der Waals surface area contributed by atoms with Crippen molar-refractivity contribution in [1.29, 1.82) is 0 Å². The van der Waals surface area contributed by atoms with Gasteiger partial charge in [-0.2, -0.15) is 8.42 Å². The van der Waals surface area contributed by atoms with Gasteiger partial charge < -0.3 is 0 Å². The molecule has 5 heteroatoms. The van der Waals surface area contributed by atoms with E-state index in [1.54, 1.807) is 12.1 Å². The summed E-state index contributed by atoms with van der Waals surface area (Å²) in [7, 11) is -4.19. The van der Waals surface area contributed by atoms with Crippen molar-refractivity contribution < 1.29 is 13.0 Å². The van der Waals surface area contributed by atoms with Gasteiger partial charge in [0, 0.05) is 0 Å². The van der Waals surface area contributed by atoms with Crippen LogP contribution < -0.4 is 0 Å². The maximum absolute atomic E-state index is 11.5. The molecule has 1 N–H and O–H groups in total. The van der Waals surface area contributed by atoms with Gasteiger partial charge in [0.15, 0.2) is 0 Å². The van der Waals surface area contributed by atoms with Crippen LogP contribution in [0.5, 0.6) is 0 Å². The van der Waals surface area contributed by atoms with Crippen LogP contribution in [0.25, 0.3) is 10.8 Å². The van der Waals surface area contributed by atoms with Crippen molar-refractivity contribution in [2.45, 2.75) is 45.4 Å². The summed E-state index contributed by atoms with van der Waals surface area (Å²) < 4.78 is 32.5. The first-order chi connectivity index (χ1) is 10.2. The molecule has 0 unspecified atom stereocenters. The minimum absolute atomic E-state index is 0. The molecule has 0 fully saturated rings. The molecule has 2 aromatic carbocycles. The summed E-state index contributed by atoms with van der Waals surface area (Å²) in [6.07, 6.45) is 1.73. The molecule has 0 aliphatic rings. The predicted molar refractivity (Wildman–Crippen MR) is 98.0 cm³/mol. The molecule has 3 nitrogen and oxygen atoms in total. The predicted octanol–water partition coefficient (Wildman–Crippen LogP) is 3.84. The Morgan fingerprint density at radius 1 is 0.957 bits per heavy atom. The monoisotopic (exact) mass is 344 g/mol. The summed E-state index contributed by atoms with van der Waals surface area (Å²) in [6.45, 7) is 8.50. The molecule has 0 bridgehead atoms. The van der Waals surface area contributed by atoms with Gasteiger partial charge in [0.25, 0.3) is 10.1 Å². The fourth-order valence-electron chi connectivity index (χ4n) is 2.82. The first-order valence-corrected chi connectivity index (χ1v) is 9.14. The zero-order valence-electron chi connectivity index (χ0n) is 13.6. The molecule has 0 aliphatic heterocycles. The van der Waals surface area contributed by atoms with Gasteiger partial charge in [-0.3, -0.25) is 4.55 Å². The van der Waals surface area contributed by atoms with E-state index in [4.69, 9.17) is 0 Å². The normalized spacial score (nSPS) is 12.0. The first kappa shape index (κ1) is 20.7. The molecule has 0 amide bonds. The van der Waals surface area contributed by atoms with E-state index in [0.717, 1.165) is 29.2 Å². The van der Waals surface area contributed by atoms with Gasteiger partial charge in [-0.05, 0) is 58.7 Å². The summed E-state index contributed by atoms with van der Waals surface area (Å²) in [5.74, 6) is 0.951. The standard InChI is InChI=1S/C18H24O3S.Na.H/c1-12(2)7-14-5-6-18-15(8-13(3)4)10-17(22(19,20)21)11-16(18)9-14;;/h5-6,9-13H,7-8H2,1-4H3,(H,19,20,21);;. The van der Waals surface area contributed by atoms with Crippen LogP contribution in [-0.2, 0) is 23.0 Å². The third-order valence-electron chi connectivity index (χ3n) is 3.65. The van der Waals surface area contributed by atoms with E-state index in [2.05, 4.69) is 39.8 Å². The first-order valence-electron chi connectivity index (χ1n) is 7.70. The Balaban J connectivity index is 0.00000264. The summed E-state index contributed by atoms with van der Waals surface area (Å²) in [5.41, 5.74) is 2.15. The van der Waals surface area contributed by atoms with E-state index in [1.165, 1.54) is 5.56 Å². The third-order valence-corrected chi connectivity index (χ3v) is 4.48. The van der Waals surface area contributed by atoms with Crippen molar-refractivity contribution in [3.05, 3.63) is 41.5 Å². The molecule has 0 radical (unpaired) electrons. The van der Waals surface area contributed by atoms with Crippen LogP contribution >= 0.6 is 0 Å². The van der Waals surface area contributed by atoms with Crippen LogP contribution in [0.1, 0.15) is 38.8 Å². The summed E-state index contributed by atoms with van der Waals surface area (Å²) >= 11 is 0. The third kappa shape index (κ3) is 5.57. The molecular formula is C18H25NaO3S. The fraction of sp³-hybridized carbons (Fsp3) is 0.444. The van der Waals surface area contributed by atoms with Gasteiger partial charge in [0.1, 0.15) is 0 Å². The van der Waals surface area contributed by atoms with Gasteiger partial charge in [0.2, 0.25) is 0 Å². The maximum atomic E-state index is 11.5. The van der Waals surface area contributed by atoms with Crippen molar-refractivity contribution in [2.75, 3.05) is 0 Å². The molecule has 0 aliphatic carbocycles. The molecule has 23 heavy (non-hydrogen) atoms. The second-order valence-corrected chi connectivity index (χ2v) is 8.23. The van der Waals surface area contributed by atoms with Gasteiger partial charge in [-0.25, -0.2) is 0 Å². The molecule has 0 saturated carbocycles. The Bertz CT molecular complexity index is 780. The number of fused-ring (bicyclic) bond motifs is 1. The van der Waals surface area contributed by atoms with Crippen LogP contribution in [-0.4, -0.2) is 42.5 Å². The molecular weight excluding hydrogens is 319 g/mol. The Morgan fingerprint density at radius 2 is 1.57 bits per heavy atom. The number of rotatable bonds is 5. The van der Waals surface area contributed by atoms with E-state index in [-0.39, 0.29) is 34.5 Å². The molecule has 2 aromatic rings. The van der Waals surface area contributed by atoms with E-state index in [9.17, 15) is 13.0 Å². The Morgan fingerprint density at radius 3 is 2.09 bits per heavy atom. The second kappa shape index (κ2) is 8.13. The number of benzene rings is 2. The van der Waals surface area contributed by atoms with Crippen LogP contribution in [0.4, 0.5) is 0 Å². The minimum atomic E-state index is -4.19. The molecule has 0 heterocycles. The fourth-order valence-corrected chi connectivity index (χ4v) is 3.39. The topological polar surface area (TPSA) is 54.4 Å². The van der Waals surface area contributed by atoms with Crippen LogP contribution in [0, 0.1) is 11.8 Å². The molecule has 0 saturated heterocycles. The second-order valence-electron chi connectivity index (χ2n) is 6.81. The van der Waals surface area contributed by atoms with Gasteiger partial charge in [-0.1, -0.05) is 45.9 Å². The average molecular weight is 344 g/mol. The van der Waals surface area contributed by atoms with E-state index >= 15 is 0 Å². The molecule has 0 atom stereocenters. The van der Waals surface area contributed by atoms with Crippen LogP contribution in [0.3, 0.4) is 0 Å². The number of hydrogen-bond acceptors (Lipinski definition) is 2. The Hall–Kier alpha value is -0.390. The van der Waals surface area contributed by atoms with Gasteiger partial charge in [-0.15, -0.1) is 0 Å². The van der Waals surface area contributed by atoms with Gasteiger partial charge in [0.05, 0.1) is 4.90 Å². The Labute approximate surface area is 161 Å². The zero-order chi connectivity index (χ0) is 16.5. The summed E-state index contributed by atoms with van der Waals surface area (Å²) in [6, 6.07) is 9.38. The van der Waals surface area contributed by atoms with Crippen molar-refractivity contribution in [2.24, 2.45) is 11.8 Å². The quantitative estimate of drug-likeness (QED) is 0.662. The Kier molecular flexibility index (Phi) is 7.30. The summed E-state index contributed by atoms with van der Waals surface area (Å²) in [5, 5.41) is 1.94. The van der Waals surface area contributed by atoms with Crippen LogP contribution in [0.15, 0.2) is 35.2 Å². The molecule has 0 spiro atoms. The molecule has 0 aromatic heterocycles. The van der Waals surface area contributed by atoms with Crippen molar-refractivity contribution in [3.63, 3.8) is 0 Å². The average Bonchev–Trinajstić information content (AvgIpc) is 2.35. The van der Waals surface area contributed by atoms with Crippen molar-refractivity contribution in [1.82, 2.24) is 0 Å². The zero-order valence-corrected chi connectivity index (χ0v) is 14.4.